The number of hydrogen-bond acceptors (Lipinski definition) is 4. The van der Waals surface area contributed by atoms with Gasteiger partial charge in [0.1, 0.15) is 5.75 Å². The van der Waals surface area contributed by atoms with Crippen molar-refractivity contribution in [2.45, 2.75) is 24.4 Å². The molecule has 1 atom stereocenters. The molecular formula is C14H22N2OS. The van der Waals surface area contributed by atoms with Crippen LogP contribution in [0.5, 0.6) is 5.75 Å². The van der Waals surface area contributed by atoms with E-state index < -0.39 is 0 Å². The molecule has 0 radical (unpaired) electrons. The Balaban J connectivity index is 2.04. The number of methoxy groups -OCH3 is 1. The van der Waals surface area contributed by atoms with Crippen LogP contribution in [-0.4, -0.2) is 43.9 Å². The van der Waals surface area contributed by atoms with E-state index in [0.29, 0.717) is 6.04 Å². The van der Waals surface area contributed by atoms with Crippen LogP contribution in [0.2, 0.25) is 0 Å². The van der Waals surface area contributed by atoms with Gasteiger partial charge < -0.3 is 10.1 Å². The van der Waals surface area contributed by atoms with Gasteiger partial charge in [-0.05, 0) is 30.9 Å². The summed E-state index contributed by atoms with van der Waals surface area (Å²) in [6.45, 7) is 6.57. The third-order valence-corrected chi connectivity index (χ3v) is 4.08. The standard InChI is InChI=1S/C14H22N2OS/c1-11-9-16(7-6-15-11)10-12-4-5-14(18-3)13(8-12)17-2/h4-5,8,11,15H,6-7,9-10H2,1-3H3/t11-/m0/s1. The zero-order valence-corrected chi connectivity index (χ0v) is 12.2. The summed E-state index contributed by atoms with van der Waals surface area (Å²) in [6, 6.07) is 7.12. The molecule has 1 N–H and O–H groups in total. The van der Waals surface area contributed by atoms with Crippen molar-refractivity contribution in [2.24, 2.45) is 0 Å². The highest BCUT2D eigenvalue weighted by Crippen LogP contribution is 2.28. The maximum Gasteiger partial charge on any atom is 0.132 e. The maximum atomic E-state index is 5.44. The highest BCUT2D eigenvalue weighted by atomic mass is 32.2. The molecule has 0 aliphatic carbocycles. The molecule has 1 heterocycles. The first-order valence-electron chi connectivity index (χ1n) is 6.39. The van der Waals surface area contributed by atoms with E-state index in [2.05, 4.69) is 41.6 Å². The van der Waals surface area contributed by atoms with E-state index in [1.807, 2.05) is 0 Å². The molecule has 0 bridgehead atoms. The molecule has 1 aliphatic rings. The summed E-state index contributed by atoms with van der Waals surface area (Å²) in [5.74, 6) is 0.989. The van der Waals surface area contributed by atoms with E-state index in [9.17, 15) is 0 Å². The van der Waals surface area contributed by atoms with Crippen molar-refractivity contribution < 1.29 is 4.74 Å². The summed E-state index contributed by atoms with van der Waals surface area (Å²) in [5.41, 5.74) is 1.33. The first-order valence-corrected chi connectivity index (χ1v) is 7.62. The summed E-state index contributed by atoms with van der Waals surface area (Å²) in [5, 5.41) is 3.47. The van der Waals surface area contributed by atoms with Crippen LogP contribution in [0.15, 0.2) is 23.1 Å². The van der Waals surface area contributed by atoms with Crippen molar-refractivity contribution in [2.75, 3.05) is 33.0 Å². The van der Waals surface area contributed by atoms with Crippen LogP contribution in [0, 0.1) is 0 Å². The fraction of sp³-hybridized carbons (Fsp3) is 0.571. The lowest BCUT2D eigenvalue weighted by atomic mass is 10.1. The highest BCUT2D eigenvalue weighted by Gasteiger charge is 2.16. The van der Waals surface area contributed by atoms with E-state index in [1.165, 1.54) is 10.5 Å². The SMILES string of the molecule is COc1cc(CN2CCN[C@@H](C)C2)ccc1SC. The number of ether oxygens (including phenoxy) is 1. The first-order chi connectivity index (χ1) is 8.72. The van der Waals surface area contributed by atoms with Crippen LogP contribution in [0.4, 0.5) is 0 Å². The van der Waals surface area contributed by atoms with Gasteiger partial charge in [0.2, 0.25) is 0 Å². The molecule has 18 heavy (non-hydrogen) atoms. The van der Waals surface area contributed by atoms with Gasteiger partial charge in [0.05, 0.1) is 7.11 Å². The van der Waals surface area contributed by atoms with Crippen LogP contribution in [0.3, 0.4) is 0 Å². The molecule has 100 valence electrons. The van der Waals surface area contributed by atoms with Gasteiger partial charge in [-0.25, -0.2) is 0 Å². The minimum absolute atomic E-state index is 0.589. The Hall–Kier alpha value is -0.710. The Morgan fingerprint density at radius 3 is 3.00 bits per heavy atom. The van der Waals surface area contributed by atoms with Crippen molar-refractivity contribution >= 4 is 11.8 Å². The topological polar surface area (TPSA) is 24.5 Å². The zero-order chi connectivity index (χ0) is 13.0. The van der Waals surface area contributed by atoms with Crippen molar-refractivity contribution in [3.63, 3.8) is 0 Å². The van der Waals surface area contributed by atoms with Gasteiger partial charge in [0, 0.05) is 37.1 Å². The number of piperazine rings is 1. The van der Waals surface area contributed by atoms with Crippen LogP contribution in [-0.2, 0) is 6.54 Å². The average Bonchev–Trinajstić information content (AvgIpc) is 2.38. The Kier molecular flexibility index (Phi) is 4.92. The second-order valence-corrected chi connectivity index (χ2v) is 5.63. The minimum Gasteiger partial charge on any atom is -0.496 e. The fourth-order valence-corrected chi connectivity index (χ4v) is 2.94. The molecule has 4 heteroatoms. The Morgan fingerprint density at radius 2 is 2.33 bits per heavy atom. The van der Waals surface area contributed by atoms with Gasteiger partial charge in [-0.3, -0.25) is 4.90 Å². The van der Waals surface area contributed by atoms with Crippen LogP contribution >= 0.6 is 11.8 Å². The molecule has 0 amide bonds. The quantitative estimate of drug-likeness (QED) is 0.845. The lowest BCUT2D eigenvalue weighted by molar-refractivity contribution is 0.199. The van der Waals surface area contributed by atoms with E-state index in [0.717, 1.165) is 31.9 Å². The molecule has 1 saturated heterocycles. The lowest BCUT2D eigenvalue weighted by Crippen LogP contribution is -2.48. The van der Waals surface area contributed by atoms with Gasteiger partial charge in [-0.2, -0.15) is 0 Å². The van der Waals surface area contributed by atoms with Gasteiger partial charge in [-0.1, -0.05) is 6.07 Å². The zero-order valence-electron chi connectivity index (χ0n) is 11.4. The third-order valence-electron chi connectivity index (χ3n) is 3.31. The molecule has 0 saturated carbocycles. The van der Waals surface area contributed by atoms with Crippen molar-refractivity contribution in [1.82, 2.24) is 10.2 Å². The Morgan fingerprint density at radius 1 is 1.50 bits per heavy atom. The Bertz CT molecular complexity index is 397. The number of nitrogens with zero attached hydrogens (tertiary/aromatic N) is 1. The molecule has 1 aliphatic heterocycles. The molecule has 0 aromatic heterocycles. The maximum absolute atomic E-state index is 5.44. The average molecular weight is 266 g/mol. The normalized spacial score (nSPS) is 20.9. The molecule has 1 aromatic carbocycles. The molecule has 0 spiro atoms. The van der Waals surface area contributed by atoms with Gasteiger partial charge in [0.15, 0.2) is 0 Å². The van der Waals surface area contributed by atoms with Crippen molar-refractivity contribution in [3.05, 3.63) is 23.8 Å². The molecule has 1 fully saturated rings. The Labute approximate surface area is 114 Å². The summed E-state index contributed by atoms with van der Waals surface area (Å²) in [7, 11) is 1.74. The van der Waals surface area contributed by atoms with Crippen LogP contribution < -0.4 is 10.1 Å². The largest absolute Gasteiger partial charge is 0.496 e. The molecule has 3 nitrogen and oxygen atoms in total. The van der Waals surface area contributed by atoms with Gasteiger partial charge >= 0.3 is 0 Å². The fourth-order valence-electron chi connectivity index (χ4n) is 2.39. The highest BCUT2D eigenvalue weighted by molar-refractivity contribution is 7.98. The van der Waals surface area contributed by atoms with E-state index in [4.69, 9.17) is 4.74 Å². The van der Waals surface area contributed by atoms with Crippen molar-refractivity contribution in [1.29, 1.82) is 0 Å². The molecular weight excluding hydrogens is 244 g/mol. The number of thioether (sulfide) groups is 1. The van der Waals surface area contributed by atoms with E-state index >= 15 is 0 Å². The predicted molar refractivity (Wildman–Crippen MR) is 77.5 cm³/mol. The molecule has 1 aromatic rings. The van der Waals surface area contributed by atoms with Crippen LogP contribution in [0.1, 0.15) is 12.5 Å². The summed E-state index contributed by atoms with van der Waals surface area (Å²) in [4.78, 5) is 3.70. The van der Waals surface area contributed by atoms with Gasteiger partial charge in [0.25, 0.3) is 0 Å². The number of rotatable bonds is 4. The molecule has 2 rings (SSSR count). The summed E-state index contributed by atoms with van der Waals surface area (Å²) in [6.07, 6.45) is 2.08. The number of nitrogens with one attached hydrogen (secondary N) is 1. The molecule has 0 unspecified atom stereocenters. The monoisotopic (exact) mass is 266 g/mol. The van der Waals surface area contributed by atoms with Crippen LogP contribution in [0.25, 0.3) is 0 Å². The number of hydrogen-bond donors (Lipinski definition) is 1. The van der Waals surface area contributed by atoms with E-state index in [-0.39, 0.29) is 0 Å². The smallest absolute Gasteiger partial charge is 0.132 e. The van der Waals surface area contributed by atoms with Gasteiger partial charge in [-0.15, -0.1) is 11.8 Å². The predicted octanol–water partition coefficient (Wildman–Crippen LogP) is 2.21. The first kappa shape index (κ1) is 13.7. The summed E-state index contributed by atoms with van der Waals surface area (Å²) >= 11 is 1.73. The third kappa shape index (κ3) is 3.40. The lowest BCUT2D eigenvalue weighted by Gasteiger charge is -2.31. The minimum atomic E-state index is 0.589. The second-order valence-electron chi connectivity index (χ2n) is 4.78. The van der Waals surface area contributed by atoms with Crippen molar-refractivity contribution in [3.8, 4) is 5.75 Å². The number of benzene rings is 1. The van der Waals surface area contributed by atoms with E-state index in [1.54, 1.807) is 18.9 Å². The second kappa shape index (κ2) is 6.45. The summed E-state index contributed by atoms with van der Waals surface area (Å²) < 4.78 is 5.44.